The molecule has 1 aromatic heterocycles. The number of carbonyl (C=O) groups is 2. The summed E-state index contributed by atoms with van der Waals surface area (Å²) >= 11 is 0. The maximum atomic E-state index is 13.1. The Kier molecular flexibility index (Phi) is 5.80. The Labute approximate surface area is 152 Å². The lowest BCUT2D eigenvalue weighted by atomic mass is 10.1. The molecule has 2 amide bonds. The van der Waals surface area contributed by atoms with E-state index in [2.05, 4.69) is 4.98 Å². The molecule has 0 radical (unpaired) electrons. The zero-order valence-corrected chi connectivity index (χ0v) is 14.6. The molecule has 0 aliphatic carbocycles. The van der Waals surface area contributed by atoms with E-state index >= 15 is 0 Å². The van der Waals surface area contributed by atoms with Crippen molar-refractivity contribution in [1.82, 2.24) is 9.88 Å². The summed E-state index contributed by atoms with van der Waals surface area (Å²) in [7, 11) is 1.33. The van der Waals surface area contributed by atoms with Crippen LogP contribution in [0.4, 0.5) is 10.5 Å². The number of methoxy groups -OCH3 is 1. The lowest BCUT2D eigenvalue weighted by molar-refractivity contribution is 0.0547. The summed E-state index contributed by atoms with van der Waals surface area (Å²) in [6.45, 7) is 2.28. The first-order valence-electron chi connectivity index (χ1n) is 8.42. The van der Waals surface area contributed by atoms with Crippen molar-refractivity contribution >= 4 is 17.7 Å². The van der Waals surface area contributed by atoms with Crippen molar-refractivity contribution in [2.45, 2.75) is 6.54 Å². The summed E-state index contributed by atoms with van der Waals surface area (Å²) in [5.41, 5.74) is 1.58. The minimum atomic E-state index is -0.472. The largest absolute Gasteiger partial charge is 0.465 e. The van der Waals surface area contributed by atoms with Crippen molar-refractivity contribution in [3.05, 3.63) is 59.9 Å². The summed E-state index contributed by atoms with van der Waals surface area (Å²) in [6, 6.07) is 12.5. The van der Waals surface area contributed by atoms with Gasteiger partial charge in [-0.15, -0.1) is 0 Å². The average Bonchev–Trinajstić information content (AvgIpc) is 2.72. The highest BCUT2D eigenvalue weighted by Crippen LogP contribution is 2.20. The van der Waals surface area contributed by atoms with Crippen LogP contribution >= 0.6 is 0 Å². The third-order valence-electron chi connectivity index (χ3n) is 4.18. The Bertz CT molecular complexity index is 760. The Balaban J connectivity index is 1.92. The van der Waals surface area contributed by atoms with Gasteiger partial charge in [-0.2, -0.15) is 0 Å². The highest BCUT2D eigenvalue weighted by atomic mass is 16.5. The number of anilines is 1. The van der Waals surface area contributed by atoms with Gasteiger partial charge in [-0.1, -0.05) is 18.2 Å². The van der Waals surface area contributed by atoms with Gasteiger partial charge < -0.3 is 14.4 Å². The van der Waals surface area contributed by atoms with Crippen LogP contribution in [0.1, 0.15) is 16.1 Å². The third-order valence-corrected chi connectivity index (χ3v) is 4.18. The van der Waals surface area contributed by atoms with Gasteiger partial charge in [-0.3, -0.25) is 9.88 Å². The van der Waals surface area contributed by atoms with Crippen LogP contribution in [0, 0.1) is 0 Å². The second-order valence-electron chi connectivity index (χ2n) is 5.79. The van der Waals surface area contributed by atoms with E-state index < -0.39 is 5.97 Å². The van der Waals surface area contributed by atoms with Crippen LogP contribution < -0.4 is 4.90 Å². The number of nitrogens with zero attached hydrogens (tertiary/aromatic N) is 3. The van der Waals surface area contributed by atoms with E-state index in [-0.39, 0.29) is 12.6 Å². The van der Waals surface area contributed by atoms with Crippen molar-refractivity contribution < 1.29 is 19.1 Å². The number of amides is 2. The molecule has 3 rings (SSSR count). The number of hydrogen-bond donors (Lipinski definition) is 0. The normalized spacial score (nSPS) is 14.0. The first kappa shape index (κ1) is 17.9. The second kappa shape index (κ2) is 8.44. The molecule has 1 aromatic carbocycles. The number of benzene rings is 1. The zero-order chi connectivity index (χ0) is 18.4. The molecule has 2 aromatic rings. The molecule has 0 saturated carbocycles. The summed E-state index contributed by atoms with van der Waals surface area (Å²) in [4.78, 5) is 32.8. The smallest absolute Gasteiger partial charge is 0.339 e. The number of hydrogen-bond acceptors (Lipinski definition) is 5. The first-order valence-corrected chi connectivity index (χ1v) is 8.42. The number of morpholine rings is 1. The number of pyridine rings is 1. The van der Waals surface area contributed by atoms with Gasteiger partial charge >= 0.3 is 12.0 Å². The maximum absolute atomic E-state index is 13.1. The highest BCUT2D eigenvalue weighted by molar-refractivity contribution is 5.94. The fourth-order valence-electron chi connectivity index (χ4n) is 2.81. The van der Waals surface area contributed by atoms with Crippen molar-refractivity contribution in [1.29, 1.82) is 0 Å². The van der Waals surface area contributed by atoms with Gasteiger partial charge in [0.25, 0.3) is 0 Å². The van der Waals surface area contributed by atoms with Gasteiger partial charge in [0.15, 0.2) is 0 Å². The third kappa shape index (κ3) is 4.00. The molecule has 1 saturated heterocycles. The molecule has 26 heavy (non-hydrogen) atoms. The lowest BCUT2D eigenvalue weighted by Crippen LogP contribution is -2.48. The molecule has 7 heteroatoms. The minimum absolute atomic E-state index is 0.138. The van der Waals surface area contributed by atoms with Crippen LogP contribution in [0.15, 0.2) is 48.7 Å². The Morgan fingerprint density at radius 3 is 2.58 bits per heavy atom. The molecular weight excluding hydrogens is 334 g/mol. The number of aromatic nitrogens is 1. The molecular formula is C19H21N3O4. The Morgan fingerprint density at radius 2 is 1.88 bits per heavy atom. The van der Waals surface area contributed by atoms with Crippen molar-refractivity contribution in [2.75, 3.05) is 38.3 Å². The fraction of sp³-hybridized carbons (Fsp3) is 0.316. The summed E-state index contributed by atoms with van der Waals surface area (Å²) in [5, 5.41) is 0. The van der Waals surface area contributed by atoms with Crippen molar-refractivity contribution in [3.8, 4) is 0 Å². The molecule has 1 aliphatic heterocycles. The van der Waals surface area contributed by atoms with Gasteiger partial charge in [0.05, 0.1) is 38.1 Å². The molecule has 0 bridgehead atoms. The number of carbonyl (C=O) groups excluding carboxylic acids is 2. The van der Waals surface area contributed by atoms with E-state index in [1.807, 2.05) is 30.3 Å². The molecule has 0 N–H and O–H groups in total. The number of para-hydroxylation sites is 1. The topological polar surface area (TPSA) is 72.0 Å². The van der Waals surface area contributed by atoms with Gasteiger partial charge in [-0.25, -0.2) is 9.59 Å². The summed E-state index contributed by atoms with van der Waals surface area (Å²) in [5.74, 6) is -0.472. The van der Waals surface area contributed by atoms with Gasteiger partial charge in [0.1, 0.15) is 0 Å². The number of ether oxygens (including phenoxy) is 2. The predicted octanol–water partition coefficient (Wildman–Crippen LogP) is 2.33. The van der Waals surface area contributed by atoms with E-state index in [1.54, 1.807) is 28.1 Å². The average molecular weight is 355 g/mol. The van der Waals surface area contributed by atoms with E-state index in [9.17, 15) is 9.59 Å². The summed E-state index contributed by atoms with van der Waals surface area (Å²) < 4.78 is 10.2. The molecule has 1 aliphatic rings. The van der Waals surface area contributed by atoms with E-state index in [4.69, 9.17) is 9.47 Å². The minimum Gasteiger partial charge on any atom is -0.465 e. The van der Waals surface area contributed by atoms with Crippen molar-refractivity contribution in [3.63, 3.8) is 0 Å². The molecule has 7 nitrogen and oxygen atoms in total. The molecule has 2 heterocycles. The maximum Gasteiger partial charge on any atom is 0.339 e. The van der Waals surface area contributed by atoms with Crippen LogP contribution in [-0.4, -0.2) is 55.3 Å². The SMILES string of the molecule is COC(=O)c1cccnc1CN(C(=O)N1CCOCC1)c1ccccc1. The molecule has 0 spiro atoms. The molecule has 0 atom stereocenters. The van der Waals surface area contributed by atoms with Crippen LogP contribution in [0.25, 0.3) is 0 Å². The van der Waals surface area contributed by atoms with Crippen LogP contribution in [0.5, 0.6) is 0 Å². The van der Waals surface area contributed by atoms with E-state index in [0.717, 1.165) is 5.69 Å². The second-order valence-corrected chi connectivity index (χ2v) is 5.79. The predicted molar refractivity (Wildman–Crippen MR) is 96.0 cm³/mol. The van der Waals surface area contributed by atoms with Crippen LogP contribution in [0.3, 0.4) is 0 Å². The molecule has 0 unspecified atom stereocenters. The monoisotopic (exact) mass is 355 g/mol. The Hall–Kier alpha value is -2.93. The van der Waals surface area contributed by atoms with Crippen LogP contribution in [0.2, 0.25) is 0 Å². The quantitative estimate of drug-likeness (QED) is 0.787. The van der Waals surface area contributed by atoms with Gasteiger partial charge in [-0.05, 0) is 24.3 Å². The fourth-order valence-corrected chi connectivity index (χ4v) is 2.81. The van der Waals surface area contributed by atoms with Gasteiger partial charge in [0, 0.05) is 25.0 Å². The standard InChI is InChI=1S/C19H21N3O4/c1-25-18(23)16-8-5-9-20-17(16)14-22(15-6-3-2-4-7-15)19(24)21-10-12-26-13-11-21/h2-9H,10-14H2,1H3. The Morgan fingerprint density at radius 1 is 1.15 bits per heavy atom. The summed E-state index contributed by atoms with van der Waals surface area (Å²) in [6.07, 6.45) is 1.60. The van der Waals surface area contributed by atoms with E-state index in [1.165, 1.54) is 7.11 Å². The highest BCUT2D eigenvalue weighted by Gasteiger charge is 2.26. The number of rotatable bonds is 4. The molecule has 136 valence electrons. The van der Waals surface area contributed by atoms with Crippen LogP contribution in [-0.2, 0) is 16.0 Å². The zero-order valence-electron chi connectivity index (χ0n) is 14.6. The number of esters is 1. The van der Waals surface area contributed by atoms with Crippen molar-refractivity contribution in [2.24, 2.45) is 0 Å². The lowest BCUT2D eigenvalue weighted by Gasteiger charge is -2.33. The first-order chi connectivity index (χ1) is 12.7. The number of urea groups is 1. The van der Waals surface area contributed by atoms with E-state index in [0.29, 0.717) is 37.6 Å². The van der Waals surface area contributed by atoms with Gasteiger partial charge in [0.2, 0.25) is 0 Å². The molecule has 1 fully saturated rings.